The fraction of sp³-hybridized carbons (Fsp3) is 0.737. The molecule has 0 radical (unpaired) electrons. The normalized spacial score (nSPS) is 28.0. The van der Waals surface area contributed by atoms with Crippen LogP contribution in [0.2, 0.25) is 0 Å². The Kier molecular flexibility index (Phi) is 7.76. The van der Waals surface area contributed by atoms with E-state index in [4.69, 9.17) is 15.0 Å². The monoisotopic (exact) mass is 467 g/mol. The molecule has 0 saturated carbocycles. The average molecular weight is 467 g/mol. The van der Waals surface area contributed by atoms with Crippen LogP contribution in [-0.2, 0) is 22.9 Å². The molecule has 2 saturated heterocycles. The van der Waals surface area contributed by atoms with Crippen molar-refractivity contribution in [1.82, 2.24) is 19.4 Å². The molecular formula is C19H29N7O7. The van der Waals surface area contributed by atoms with Gasteiger partial charge in [0.15, 0.2) is 0 Å². The standard InChI is InChI=1S/C19H29N7O7/c1-10-14(7-21-23-20)26-11(5-15(10)27)4-12(22-18(26)30)17(29)13-6-16(28)25(9-33-3)19(31)24(13)8-32-2/h6,10-12,14-15,17,27,29H,4-5,7-9H2,1-3H3,(H,22,30)/t10-,11+,12-,14-,15+,17-/m1/s1. The molecule has 3 N–H and O–H groups in total. The number of piperidine rings is 1. The number of carbonyl (C=O) groups is 1. The van der Waals surface area contributed by atoms with Crippen molar-refractivity contribution in [3.63, 3.8) is 0 Å². The molecular weight excluding hydrogens is 438 g/mol. The number of amides is 2. The molecule has 0 spiro atoms. The van der Waals surface area contributed by atoms with Gasteiger partial charge in [0.2, 0.25) is 0 Å². The van der Waals surface area contributed by atoms with Crippen LogP contribution in [-0.4, -0.2) is 75.3 Å². The molecule has 2 fully saturated rings. The highest BCUT2D eigenvalue weighted by molar-refractivity contribution is 5.76. The summed E-state index contributed by atoms with van der Waals surface area (Å²) in [5.41, 5.74) is 7.30. The van der Waals surface area contributed by atoms with Crippen molar-refractivity contribution in [1.29, 1.82) is 0 Å². The van der Waals surface area contributed by atoms with Gasteiger partial charge in [0, 0.05) is 49.7 Å². The van der Waals surface area contributed by atoms with Crippen molar-refractivity contribution in [2.45, 2.75) is 63.6 Å². The number of methoxy groups -OCH3 is 2. The fourth-order valence-electron chi connectivity index (χ4n) is 4.67. The van der Waals surface area contributed by atoms with Gasteiger partial charge < -0.3 is 29.9 Å². The number of urea groups is 1. The van der Waals surface area contributed by atoms with Crippen molar-refractivity contribution in [3.8, 4) is 0 Å². The minimum atomic E-state index is -1.39. The van der Waals surface area contributed by atoms with Crippen LogP contribution in [0.1, 0.15) is 31.6 Å². The van der Waals surface area contributed by atoms with E-state index in [1.54, 1.807) is 11.8 Å². The number of nitrogens with zero attached hydrogens (tertiary/aromatic N) is 6. The van der Waals surface area contributed by atoms with E-state index in [1.807, 2.05) is 0 Å². The van der Waals surface area contributed by atoms with Crippen molar-refractivity contribution in [2.75, 3.05) is 20.8 Å². The minimum absolute atomic E-state index is 0.00619. The summed E-state index contributed by atoms with van der Waals surface area (Å²) >= 11 is 0. The molecule has 2 aliphatic heterocycles. The molecule has 0 unspecified atom stereocenters. The zero-order valence-corrected chi connectivity index (χ0v) is 18.7. The predicted octanol–water partition coefficient (Wildman–Crippen LogP) is -0.517. The summed E-state index contributed by atoms with van der Waals surface area (Å²) in [6.07, 6.45) is -1.59. The Labute approximate surface area is 188 Å². The molecule has 3 rings (SSSR count). The Morgan fingerprint density at radius 2 is 1.91 bits per heavy atom. The molecule has 14 nitrogen and oxygen atoms in total. The largest absolute Gasteiger partial charge is 0.393 e. The summed E-state index contributed by atoms with van der Waals surface area (Å²) in [6, 6.07) is -1.14. The van der Waals surface area contributed by atoms with Gasteiger partial charge in [-0.05, 0) is 18.4 Å². The molecule has 1 aromatic heterocycles. The molecule has 1 aromatic rings. The van der Waals surface area contributed by atoms with E-state index in [-0.39, 0.29) is 44.5 Å². The molecule has 2 amide bonds. The van der Waals surface area contributed by atoms with E-state index in [9.17, 15) is 24.6 Å². The lowest BCUT2D eigenvalue weighted by atomic mass is 9.80. The maximum atomic E-state index is 13.0. The van der Waals surface area contributed by atoms with E-state index >= 15 is 0 Å². The first-order valence-electron chi connectivity index (χ1n) is 10.5. The average Bonchev–Trinajstić information content (AvgIpc) is 2.78. The summed E-state index contributed by atoms with van der Waals surface area (Å²) in [5.74, 6) is -0.306. The number of aliphatic hydroxyl groups excluding tert-OH is 2. The van der Waals surface area contributed by atoms with Gasteiger partial charge in [-0.2, -0.15) is 0 Å². The zero-order valence-electron chi connectivity index (χ0n) is 18.7. The maximum Gasteiger partial charge on any atom is 0.335 e. The third-order valence-corrected chi connectivity index (χ3v) is 6.39. The second-order valence-electron chi connectivity index (χ2n) is 8.32. The topological polar surface area (TPSA) is 184 Å². The number of aliphatic hydroxyl groups is 2. The fourth-order valence-corrected chi connectivity index (χ4v) is 4.67. The first kappa shape index (κ1) is 24.7. The Bertz CT molecular complexity index is 1030. The number of aromatic nitrogens is 2. The van der Waals surface area contributed by atoms with Gasteiger partial charge in [-0.3, -0.25) is 9.36 Å². The Morgan fingerprint density at radius 3 is 2.55 bits per heavy atom. The van der Waals surface area contributed by atoms with E-state index in [1.165, 1.54) is 14.2 Å². The lowest BCUT2D eigenvalue weighted by Crippen LogP contribution is -2.67. The third-order valence-electron chi connectivity index (χ3n) is 6.39. The highest BCUT2D eigenvalue weighted by Crippen LogP contribution is 2.35. The minimum Gasteiger partial charge on any atom is -0.393 e. The number of carbonyl (C=O) groups excluding carboxylic acids is 1. The molecule has 182 valence electrons. The maximum absolute atomic E-state index is 13.0. The number of hydrogen-bond donors (Lipinski definition) is 3. The summed E-state index contributed by atoms with van der Waals surface area (Å²) in [4.78, 5) is 42.5. The van der Waals surface area contributed by atoms with Gasteiger partial charge in [0.1, 0.15) is 19.6 Å². The number of hydrogen-bond acceptors (Lipinski definition) is 8. The Morgan fingerprint density at radius 1 is 1.24 bits per heavy atom. The smallest absolute Gasteiger partial charge is 0.335 e. The molecule has 0 bridgehead atoms. The van der Waals surface area contributed by atoms with Gasteiger partial charge in [0.05, 0.1) is 17.8 Å². The molecule has 6 atom stereocenters. The predicted molar refractivity (Wildman–Crippen MR) is 114 cm³/mol. The Balaban J connectivity index is 1.93. The number of ether oxygens (including phenoxy) is 2. The van der Waals surface area contributed by atoms with Crippen LogP contribution in [0.5, 0.6) is 0 Å². The quantitative estimate of drug-likeness (QED) is 0.261. The first-order valence-corrected chi connectivity index (χ1v) is 10.5. The lowest BCUT2D eigenvalue weighted by molar-refractivity contribution is -0.0413. The lowest BCUT2D eigenvalue weighted by Gasteiger charge is -2.51. The molecule has 2 aliphatic rings. The van der Waals surface area contributed by atoms with E-state index < -0.39 is 47.6 Å². The molecule has 14 heteroatoms. The van der Waals surface area contributed by atoms with Crippen molar-refractivity contribution < 1.29 is 24.5 Å². The SMILES string of the molecule is COCn1c([C@H](O)[C@H]2C[C@H]3C[C@H](O)[C@H](C)[C@@H](CN=[N+]=[N-])N3C(=O)N2)cc(=O)n(COC)c1=O. The van der Waals surface area contributed by atoms with Gasteiger partial charge in [-0.15, -0.1) is 0 Å². The highest BCUT2D eigenvalue weighted by atomic mass is 16.5. The van der Waals surface area contributed by atoms with Crippen LogP contribution < -0.4 is 16.6 Å². The molecule has 33 heavy (non-hydrogen) atoms. The molecule has 3 heterocycles. The summed E-state index contributed by atoms with van der Waals surface area (Å²) in [5, 5.41) is 27.9. The van der Waals surface area contributed by atoms with Crippen LogP contribution in [0.25, 0.3) is 10.4 Å². The van der Waals surface area contributed by atoms with Gasteiger partial charge in [-0.1, -0.05) is 12.0 Å². The number of nitrogens with one attached hydrogen (secondary N) is 1. The van der Waals surface area contributed by atoms with Crippen LogP contribution >= 0.6 is 0 Å². The number of azide groups is 1. The van der Waals surface area contributed by atoms with Crippen LogP contribution in [0, 0.1) is 5.92 Å². The van der Waals surface area contributed by atoms with Gasteiger partial charge in [-0.25, -0.2) is 14.2 Å². The first-order chi connectivity index (χ1) is 15.7. The summed E-state index contributed by atoms with van der Waals surface area (Å²) in [6.45, 7) is 1.30. The summed E-state index contributed by atoms with van der Waals surface area (Å²) in [7, 11) is 2.70. The number of rotatable bonds is 8. The van der Waals surface area contributed by atoms with Crippen LogP contribution in [0.3, 0.4) is 0 Å². The highest BCUT2D eigenvalue weighted by Gasteiger charge is 2.47. The number of fused-ring (bicyclic) bond motifs is 1. The van der Waals surface area contributed by atoms with Crippen molar-refractivity contribution >= 4 is 6.03 Å². The van der Waals surface area contributed by atoms with Crippen LogP contribution in [0.15, 0.2) is 20.8 Å². The molecule has 0 aliphatic carbocycles. The second kappa shape index (κ2) is 10.4. The van der Waals surface area contributed by atoms with E-state index in [0.717, 1.165) is 15.2 Å². The van der Waals surface area contributed by atoms with Gasteiger partial charge >= 0.3 is 11.7 Å². The van der Waals surface area contributed by atoms with Crippen LogP contribution in [0.4, 0.5) is 4.79 Å². The van der Waals surface area contributed by atoms with Crippen molar-refractivity contribution in [2.24, 2.45) is 11.0 Å². The summed E-state index contributed by atoms with van der Waals surface area (Å²) < 4.78 is 11.9. The Hall–Kier alpha value is -2.90. The zero-order chi connectivity index (χ0) is 24.3. The molecule has 0 aromatic carbocycles. The van der Waals surface area contributed by atoms with E-state index in [2.05, 4.69) is 15.3 Å². The van der Waals surface area contributed by atoms with Crippen molar-refractivity contribution in [3.05, 3.63) is 43.0 Å². The van der Waals surface area contributed by atoms with E-state index in [0.29, 0.717) is 0 Å². The second-order valence-corrected chi connectivity index (χ2v) is 8.32. The van der Waals surface area contributed by atoms with Gasteiger partial charge in [0.25, 0.3) is 5.56 Å². The third kappa shape index (κ3) is 4.75.